The Hall–Kier alpha value is -2.28. The van der Waals surface area contributed by atoms with Gasteiger partial charge in [-0.25, -0.2) is 14.2 Å². The van der Waals surface area contributed by atoms with E-state index in [4.69, 9.17) is 5.11 Å². The van der Waals surface area contributed by atoms with E-state index >= 15 is 0 Å². The van der Waals surface area contributed by atoms with Gasteiger partial charge in [-0.15, -0.1) is 0 Å². The number of halogens is 2. The number of carboxylic acid groups (broad SMARTS) is 1. The van der Waals surface area contributed by atoms with Crippen LogP contribution >= 0.6 is 15.9 Å². The number of fused-ring (bicyclic) bond motifs is 1. The predicted molar refractivity (Wildman–Crippen MR) is 77.7 cm³/mol. The van der Waals surface area contributed by atoms with Crippen LogP contribution < -0.4 is 0 Å². The van der Waals surface area contributed by atoms with Gasteiger partial charge in [0.05, 0.1) is 17.8 Å². The lowest BCUT2D eigenvalue weighted by molar-refractivity contribution is 0.0696. The summed E-state index contributed by atoms with van der Waals surface area (Å²) in [5, 5.41) is 9.63. The number of pyridine rings is 2. The maximum absolute atomic E-state index is 13.8. The monoisotopic (exact) mass is 349 g/mol. The molecule has 0 fully saturated rings. The topological polar surface area (TPSA) is 68.0 Å². The molecule has 3 heterocycles. The highest BCUT2D eigenvalue weighted by molar-refractivity contribution is 9.10. The zero-order chi connectivity index (χ0) is 15.0. The highest BCUT2D eigenvalue weighted by atomic mass is 79.9. The van der Waals surface area contributed by atoms with E-state index in [2.05, 4.69) is 25.9 Å². The van der Waals surface area contributed by atoms with Crippen molar-refractivity contribution in [2.24, 2.45) is 0 Å². The van der Waals surface area contributed by atoms with E-state index in [1.54, 1.807) is 16.8 Å². The third-order valence-corrected chi connectivity index (χ3v) is 3.49. The first-order valence-corrected chi connectivity index (χ1v) is 6.82. The molecule has 21 heavy (non-hydrogen) atoms. The summed E-state index contributed by atoms with van der Waals surface area (Å²) >= 11 is 3.16. The van der Waals surface area contributed by atoms with Crippen LogP contribution in [0.5, 0.6) is 0 Å². The average Bonchev–Trinajstić information content (AvgIpc) is 2.84. The maximum Gasteiger partial charge on any atom is 0.337 e. The lowest BCUT2D eigenvalue weighted by Crippen LogP contribution is -2.04. The maximum atomic E-state index is 13.8. The zero-order valence-corrected chi connectivity index (χ0v) is 12.2. The Kier molecular flexibility index (Phi) is 3.42. The minimum Gasteiger partial charge on any atom is -0.478 e. The van der Waals surface area contributed by atoms with Gasteiger partial charge in [0, 0.05) is 28.4 Å². The van der Waals surface area contributed by atoms with Crippen molar-refractivity contribution in [3.8, 4) is 0 Å². The molecule has 0 bridgehead atoms. The molecular formula is C14H9BrFN3O2. The largest absolute Gasteiger partial charge is 0.478 e. The van der Waals surface area contributed by atoms with Crippen molar-refractivity contribution in [2.45, 2.75) is 6.54 Å². The Bertz CT molecular complexity index is 847. The third-order valence-electron chi connectivity index (χ3n) is 3.05. The molecule has 0 aliphatic heterocycles. The Morgan fingerprint density at radius 3 is 2.86 bits per heavy atom. The number of hydrogen-bond acceptors (Lipinski definition) is 3. The van der Waals surface area contributed by atoms with Gasteiger partial charge >= 0.3 is 5.97 Å². The van der Waals surface area contributed by atoms with E-state index in [0.717, 1.165) is 0 Å². The summed E-state index contributed by atoms with van der Waals surface area (Å²) in [5.74, 6) is -1.44. The molecule has 0 amide bonds. The first-order chi connectivity index (χ1) is 10.0. The molecule has 0 spiro atoms. The summed E-state index contributed by atoms with van der Waals surface area (Å²) in [6.45, 7) is 0.224. The molecule has 3 rings (SSSR count). The molecule has 0 aliphatic carbocycles. The second-order valence-electron chi connectivity index (χ2n) is 4.47. The summed E-state index contributed by atoms with van der Waals surface area (Å²) in [5.41, 5.74) is 0.997. The van der Waals surface area contributed by atoms with Crippen molar-refractivity contribution < 1.29 is 14.3 Å². The number of hydrogen-bond donors (Lipinski definition) is 1. The van der Waals surface area contributed by atoms with Crippen LogP contribution in [0.3, 0.4) is 0 Å². The molecule has 0 unspecified atom stereocenters. The van der Waals surface area contributed by atoms with E-state index in [-0.39, 0.29) is 12.1 Å². The van der Waals surface area contributed by atoms with Crippen LogP contribution in [0.4, 0.5) is 4.39 Å². The molecule has 0 radical (unpaired) electrons. The number of carboxylic acids is 1. The number of rotatable bonds is 3. The summed E-state index contributed by atoms with van der Waals surface area (Å²) in [6.07, 6.45) is 4.54. The summed E-state index contributed by atoms with van der Waals surface area (Å²) in [4.78, 5) is 19.1. The zero-order valence-electron chi connectivity index (χ0n) is 10.6. The van der Waals surface area contributed by atoms with Crippen molar-refractivity contribution in [1.82, 2.24) is 14.5 Å². The SMILES string of the molecule is O=C(O)c1cnc2c(ccn2Cc2ncc(Br)cc2F)c1. The van der Waals surface area contributed by atoms with E-state index in [1.807, 2.05) is 0 Å². The summed E-state index contributed by atoms with van der Waals surface area (Å²) < 4.78 is 16.1. The molecule has 0 atom stereocenters. The van der Waals surface area contributed by atoms with E-state index in [0.29, 0.717) is 21.2 Å². The van der Waals surface area contributed by atoms with Crippen LogP contribution in [0.25, 0.3) is 11.0 Å². The van der Waals surface area contributed by atoms with E-state index in [1.165, 1.54) is 24.5 Å². The number of aromatic carboxylic acids is 1. The van der Waals surface area contributed by atoms with Crippen LogP contribution in [-0.2, 0) is 6.54 Å². The molecule has 106 valence electrons. The van der Waals surface area contributed by atoms with Crippen molar-refractivity contribution in [3.05, 3.63) is 58.3 Å². The van der Waals surface area contributed by atoms with Gasteiger partial charge in [0.15, 0.2) is 0 Å². The van der Waals surface area contributed by atoms with Crippen LogP contribution in [-0.4, -0.2) is 25.6 Å². The molecule has 3 aromatic rings. The quantitative estimate of drug-likeness (QED) is 0.788. The van der Waals surface area contributed by atoms with Gasteiger partial charge in [0.2, 0.25) is 0 Å². The number of aromatic nitrogens is 3. The van der Waals surface area contributed by atoms with Gasteiger partial charge in [0.1, 0.15) is 11.5 Å². The Balaban J connectivity index is 1.99. The van der Waals surface area contributed by atoms with Crippen LogP contribution in [0.1, 0.15) is 16.1 Å². The molecule has 0 saturated carbocycles. The summed E-state index contributed by atoms with van der Waals surface area (Å²) in [7, 11) is 0. The highest BCUT2D eigenvalue weighted by Crippen LogP contribution is 2.18. The van der Waals surface area contributed by atoms with Gasteiger partial charge in [-0.3, -0.25) is 4.98 Å². The normalized spacial score (nSPS) is 11.0. The first kappa shape index (κ1) is 13.7. The molecule has 0 aliphatic rings. The van der Waals surface area contributed by atoms with Crippen LogP contribution in [0, 0.1) is 5.82 Å². The van der Waals surface area contributed by atoms with Crippen molar-refractivity contribution >= 4 is 32.9 Å². The van der Waals surface area contributed by atoms with Crippen LogP contribution in [0.2, 0.25) is 0 Å². The fraction of sp³-hybridized carbons (Fsp3) is 0.0714. The minimum atomic E-state index is -1.03. The van der Waals surface area contributed by atoms with Gasteiger partial charge in [-0.2, -0.15) is 0 Å². The predicted octanol–water partition coefficient (Wildman–Crippen LogP) is 3.08. The fourth-order valence-corrected chi connectivity index (χ4v) is 2.35. The fourth-order valence-electron chi connectivity index (χ4n) is 2.04. The highest BCUT2D eigenvalue weighted by Gasteiger charge is 2.10. The molecule has 3 aromatic heterocycles. The lowest BCUT2D eigenvalue weighted by atomic mass is 10.2. The minimum absolute atomic E-state index is 0.119. The smallest absolute Gasteiger partial charge is 0.337 e. The Labute approximate surface area is 127 Å². The standard InChI is InChI=1S/C14H9BrFN3O2/c15-10-4-11(16)12(17-6-10)7-19-2-1-8-3-9(14(20)21)5-18-13(8)19/h1-6H,7H2,(H,20,21). The number of nitrogens with zero attached hydrogens (tertiary/aromatic N) is 3. The van der Waals surface area contributed by atoms with Crippen molar-refractivity contribution in [2.75, 3.05) is 0 Å². The molecule has 1 N–H and O–H groups in total. The second kappa shape index (κ2) is 5.25. The summed E-state index contributed by atoms with van der Waals surface area (Å²) in [6, 6.07) is 4.63. The molecule has 0 saturated heterocycles. The lowest BCUT2D eigenvalue weighted by Gasteiger charge is -2.06. The van der Waals surface area contributed by atoms with Gasteiger partial charge < -0.3 is 9.67 Å². The molecule has 0 aromatic carbocycles. The molecule has 7 heteroatoms. The molecule has 5 nitrogen and oxygen atoms in total. The van der Waals surface area contributed by atoms with Gasteiger partial charge in [0.25, 0.3) is 0 Å². The molecular weight excluding hydrogens is 341 g/mol. The van der Waals surface area contributed by atoms with Gasteiger partial charge in [-0.05, 0) is 34.1 Å². The average molecular weight is 350 g/mol. The Morgan fingerprint density at radius 2 is 2.14 bits per heavy atom. The first-order valence-electron chi connectivity index (χ1n) is 6.02. The van der Waals surface area contributed by atoms with Crippen molar-refractivity contribution in [3.63, 3.8) is 0 Å². The van der Waals surface area contributed by atoms with Crippen LogP contribution in [0.15, 0.2) is 41.3 Å². The third kappa shape index (κ3) is 2.64. The second-order valence-corrected chi connectivity index (χ2v) is 5.38. The van der Waals surface area contributed by atoms with E-state index < -0.39 is 11.8 Å². The van der Waals surface area contributed by atoms with E-state index in [9.17, 15) is 9.18 Å². The Morgan fingerprint density at radius 1 is 1.33 bits per heavy atom. The number of carbonyl (C=O) groups is 1. The van der Waals surface area contributed by atoms with Crippen molar-refractivity contribution in [1.29, 1.82) is 0 Å². The van der Waals surface area contributed by atoms with Gasteiger partial charge in [-0.1, -0.05) is 0 Å².